The third kappa shape index (κ3) is 5.94. The summed E-state index contributed by atoms with van der Waals surface area (Å²) in [6.45, 7) is 2.65. The topological polar surface area (TPSA) is 29.1 Å². The van der Waals surface area contributed by atoms with Gasteiger partial charge in [0.2, 0.25) is 5.91 Å². The molecule has 0 aliphatic rings. The highest BCUT2D eigenvalue weighted by Gasteiger charge is 2.02. The molecule has 0 aliphatic heterocycles. The zero-order chi connectivity index (χ0) is 15.1. The molecule has 0 radical (unpaired) electrons. The molecule has 0 saturated carbocycles. The van der Waals surface area contributed by atoms with Crippen LogP contribution < -0.4 is 5.32 Å². The van der Waals surface area contributed by atoms with E-state index in [0.29, 0.717) is 12.3 Å². The Morgan fingerprint density at radius 1 is 1.14 bits per heavy atom. The number of carbonyl (C=O) groups excluding carboxylic acids is 1. The number of thioether (sulfide) groups is 1. The number of halogens is 1. The van der Waals surface area contributed by atoms with E-state index in [1.807, 2.05) is 24.3 Å². The van der Waals surface area contributed by atoms with Gasteiger partial charge in [0.05, 0.1) is 5.75 Å². The van der Waals surface area contributed by atoms with Crippen LogP contribution in [0, 0.1) is 6.92 Å². The summed E-state index contributed by atoms with van der Waals surface area (Å²) in [6, 6.07) is 16.4. The average Bonchev–Trinajstić information content (AvgIpc) is 2.47. The lowest BCUT2D eigenvalue weighted by Gasteiger charge is -2.06. The average molecular weight is 364 g/mol. The highest BCUT2D eigenvalue weighted by atomic mass is 79.9. The zero-order valence-electron chi connectivity index (χ0n) is 11.9. The van der Waals surface area contributed by atoms with Crippen LogP contribution in [0.15, 0.2) is 53.0 Å². The monoisotopic (exact) mass is 363 g/mol. The van der Waals surface area contributed by atoms with Crippen LogP contribution in [-0.2, 0) is 17.1 Å². The highest BCUT2D eigenvalue weighted by molar-refractivity contribution is 9.10. The van der Waals surface area contributed by atoms with Gasteiger partial charge in [0.1, 0.15) is 0 Å². The number of hydrogen-bond acceptors (Lipinski definition) is 2. The number of hydrogen-bond donors (Lipinski definition) is 1. The van der Waals surface area contributed by atoms with Crippen molar-refractivity contribution in [2.45, 2.75) is 19.2 Å². The van der Waals surface area contributed by atoms with Crippen molar-refractivity contribution in [2.24, 2.45) is 0 Å². The standard InChI is InChI=1S/C17H18BrNOS/c1-13-3-2-4-15(9-13)10-19-17(20)12-21-11-14-5-7-16(18)8-6-14/h2-9H,10-12H2,1H3,(H,19,20). The number of aryl methyl sites for hydroxylation is 1. The van der Waals surface area contributed by atoms with Crippen molar-refractivity contribution in [2.75, 3.05) is 5.75 Å². The van der Waals surface area contributed by atoms with Gasteiger partial charge >= 0.3 is 0 Å². The van der Waals surface area contributed by atoms with Crippen molar-refractivity contribution in [1.29, 1.82) is 0 Å². The summed E-state index contributed by atoms with van der Waals surface area (Å²) < 4.78 is 1.08. The second-order valence-electron chi connectivity index (χ2n) is 4.89. The summed E-state index contributed by atoms with van der Waals surface area (Å²) in [5.41, 5.74) is 3.59. The van der Waals surface area contributed by atoms with E-state index in [-0.39, 0.29) is 5.91 Å². The van der Waals surface area contributed by atoms with Gasteiger partial charge in [-0.15, -0.1) is 11.8 Å². The van der Waals surface area contributed by atoms with Crippen LogP contribution in [-0.4, -0.2) is 11.7 Å². The molecule has 0 spiro atoms. The fourth-order valence-electron chi connectivity index (χ4n) is 1.92. The number of nitrogens with one attached hydrogen (secondary N) is 1. The minimum atomic E-state index is 0.0821. The molecular weight excluding hydrogens is 346 g/mol. The van der Waals surface area contributed by atoms with Gasteiger partial charge < -0.3 is 5.32 Å². The van der Waals surface area contributed by atoms with Gasteiger partial charge in [-0.05, 0) is 30.2 Å². The Kier molecular flexibility index (Phi) is 6.33. The molecule has 2 aromatic carbocycles. The first-order valence-corrected chi connectivity index (χ1v) is 8.73. The second-order valence-corrected chi connectivity index (χ2v) is 6.79. The van der Waals surface area contributed by atoms with E-state index in [1.54, 1.807) is 11.8 Å². The van der Waals surface area contributed by atoms with Crippen LogP contribution in [0.25, 0.3) is 0 Å². The van der Waals surface area contributed by atoms with Crippen molar-refractivity contribution < 1.29 is 4.79 Å². The lowest BCUT2D eigenvalue weighted by molar-refractivity contribution is -0.118. The Hall–Kier alpha value is -1.26. The number of benzene rings is 2. The summed E-state index contributed by atoms with van der Waals surface area (Å²) in [5.74, 6) is 1.42. The molecule has 2 aromatic rings. The van der Waals surface area contributed by atoms with Gasteiger partial charge in [-0.1, -0.05) is 57.9 Å². The van der Waals surface area contributed by atoms with Crippen molar-refractivity contribution in [1.82, 2.24) is 5.32 Å². The maximum absolute atomic E-state index is 11.8. The molecule has 4 heteroatoms. The van der Waals surface area contributed by atoms with Crippen LogP contribution in [0.4, 0.5) is 0 Å². The Bertz CT molecular complexity index is 598. The zero-order valence-corrected chi connectivity index (χ0v) is 14.3. The highest BCUT2D eigenvalue weighted by Crippen LogP contribution is 2.15. The molecule has 0 bridgehead atoms. The third-order valence-electron chi connectivity index (χ3n) is 2.99. The van der Waals surface area contributed by atoms with E-state index in [2.05, 4.69) is 52.4 Å². The van der Waals surface area contributed by atoms with E-state index < -0.39 is 0 Å². The predicted molar refractivity (Wildman–Crippen MR) is 93.3 cm³/mol. The Labute approximate surface area is 138 Å². The van der Waals surface area contributed by atoms with Gasteiger partial charge in [0.25, 0.3) is 0 Å². The molecule has 0 heterocycles. The first kappa shape index (κ1) is 16.1. The van der Waals surface area contributed by atoms with Crippen LogP contribution in [0.2, 0.25) is 0 Å². The number of carbonyl (C=O) groups is 1. The smallest absolute Gasteiger partial charge is 0.230 e. The molecule has 0 aromatic heterocycles. The van der Waals surface area contributed by atoms with E-state index in [0.717, 1.165) is 15.8 Å². The maximum atomic E-state index is 11.8. The van der Waals surface area contributed by atoms with Gasteiger partial charge in [0, 0.05) is 16.8 Å². The summed E-state index contributed by atoms with van der Waals surface area (Å²) in [7, 11) is 0. The quantitative estimate of drug-likeness (QED) is 0.828. The second kappa shape index (κ2) is 8.25. The van der Waals surface area contributed by atoms with Crippen molar-refractivity contribution in [3.8, 4) is 0 Å². The van der Waals surface area contributed by atoms with E-state index in [9.17, 15) is 4.79 Å². The summed E-state index contributed by atoms with van der Waals surface area (Å²) in [5, 5.41) is 2.95. The van der Waals surface area contributed by atoms with Crippen LogP contribution in [0.3, 0.4) is 0 Å². The van der Waals surface area contributed by atoms with Gasteiger partial charge in [-0.3, -0.25) is 4.79 Å². The SMILES string of the molecule is Cc1cccc(CNC(=O)CSCc2ccc(Br)cc2)c1. The normalized spacial score (nSPS) is 10.4. The molecular formula is C17H18BrNOS. The minimum Gasteiger partial charge on any atom is -0.351 e. The molecule has 21 heavy (non-hydrogen) atoms. The Morgan fingerprint density at radius 3 is 2.62 bits per heavy atom. The first-order valence-electron chi connectivity index (χ1n) is 6.78. The minimum absolute atomic E-state index is 0.0821. The van der Waals surface area contributed by atoms with Crippen LogP contribution in [0.1, 0.15) is 16.7 Å². The molecule has 1 amide bonds. The fraction of sp³-hybridized carbons (Fsp3) is 0.235. The predicted octanol–water partition coefficient (Wildman–Crippen LogP) is 4.31. The van der Waals surface area contributed by atoms with Gasteiger partial charge in [0.15, 0.2) is 0 Å². The molecule has 0 saturated heterocycles. The number of amides is 1. The van der Waals surface area contributed by atoms with Crippen LogP contribution >= 0.6 is 27.7 Å². The molecule has 0 aliphatic carbocycles. The van der Waals surface area contributed by atoms with Gasteiger partial charge in [-0.2, -0.15) is 0 Å². The molecule has 0 unspecified atom stereocenters. The third-order valence-corrected chi connectivity index (χ3v) is 4.52. The van der Waals surface area contributed by atoms with Gasteiger partial charge in [-0.25, -0.2) is 0 Å². The van der Waals surface area contributed by atoms with Crippen molar-refractivity contribution >= 4 is 33.6 Å². The van der Waals surface area contributed by atoms with E-state index >= 15 is 0 Å². The lowest BCUT2D eigenvalue weighted by Crippen LogP contribution is -2.24. The first-order chi connectivity index (χ1) is 10.1. The van der Waals surface area contributed by atoms with Crippen molar-refractivity contribution in [3.05, 3.63) is 69.7 Å². The summed E-state index contributed by atoms with van der Waals surface area (Å²) >= 11 is 5.04. The molecule has 2 rings (SSSR count). The van der Waals surface area contributed by atoms with Crippen LogP contribution in [0.5, 0.6) is 0 Å². The summed E-state index contributed by atoms with van der Waals surface area (Å²) in [4.78, 5) is 11.8. The van der Waals surface area contributed by atoms with E-state index in [1.165, 1.54) is 11.1 Å². The van der Waals surface area contributed by atoms with Crippen molar-refractivity contribution in [3.63, 3.8) is 0 Å². The summed E-state index contributed by atoms with van der Waals surface area (Å²) in [6.07, 6.45) is 0. The number of rotatable bonds is 6. The maximum Gasteiger partial charge on any atom is 0.230 e. The largest absolute Gasteiger partial charge is 0.351 e. The Morgan fingerprint density at radius 2 is 1.90 bits per heavy atom. The molecule has 0 fully saturated rings. The molecule has 0 atom stereocenters. The molecule has 2 nitrogen and oxygen atoms in total. The molecule has 1 N–H and O–H groups in total. The Balaban J connectivity index is 1.69. The lowest BCUT2D eigenvalue weighted by atomic mass is 10.1. The van der Waals surface area contributed by atoms with E-state index in [4.69, 9.17) is 0 Å². The molecule has 110 valence electrons. The fourth-order valence-corrected chi connectivity index (χ4v) is 3.00.